The normalized spacial score (nSPS) is 9.33. The lowest BCUT2D eigenvalue weighted by atomic mass is 10.3. The van der Waals surface area contributed by atoms with Crippen LogP contribution < -0.4 is 4.74 Å². The van der Waals surface area contributed by atoms with Gasteiger partial charge < -0.3 is 10.1 Å². The van der Waals surface area contributed by atoms with Gasteiger partial charge >= 0.3 is 0 Å². The summed E-state index contributed by atoms with van der Waals surface area (Å²) in [5, 5.41) is 6.77. The molecular formula is C9H11NOS. The highest BCUT2D eigenvalue weighted by Crippen LogP contribution is 2.08. The van der Waals surface area contributed by atoms with Crippen LogP contribution in [0.3, 0.4) is 0 Å². The molecule has 0 aromatic heterocycles. The fourth-order valence-electron chi connectivity index (χ4n) is 0.783. The van der Waals surface area contributed by atoms with Crippen LogP contribution in [0.15, 0.2) is 30.3 Å². The van der Waals surface area contributed by atoms with E-state index in [2.05, 4.69) is 0 Å². The third kappa shape index (κ3) is 3.44. The van der Waals surface area contributed by atoms with Crippen molar-refractivity contribution in [1.82, 2.24) is 0 Å². The van der Waals surface area contributed by atoms with Crippen LogP contribution in [0, 0.1) is 5.41 Å². The molecule has 0 heterocycles. The van der Waals surface area contributed by atoms with E-state index in [0.29, 0.717) is 6.61 Å². The van der Waals surface area contributed by atoms with Gasteiger partial charge in [-0.05, 0) is 12.1 Å². The first-order chi connectivity index (χ1) is 5.93. The number of thioether (sulfide) groups is 1. The Morgan fingerprint density at radius 1 is 1.33 bits per heavy atom. The van der Waals surface area contributed by atoms with E-state index in [1.165, 1.54) is 17.3 Å². The monoisotopic (exact) mass is 181 g/mol. The van der Waals surface area contributed by atoms with Crippen LogP contribution >= 0.6 is 11.8 Å². The molecular weight excluding hydrogens is 170 g/mol. The Balaban J connectivity index is 2.20. The summed E-state index contributed by atoms with van der Waals surface area (Å²) < 4.78 is 5.38. The lowest BCUT2D eigenvalue weighted by molar-refractivity contribution is 0.344. The van der Waals surface area contributed by atoms with Gasteiger partial charge in [-0.3, -0.25) is 0 Å². The summed E-state index contributed by atoms with van der Waals surface area (Å²) in [6.45, 7) is 0.657. The summed E-state index contributed by atoms with van der Waals surface area (Å²) in [7, 11) is 0. The predicted octanol–water partition coefficient (Wildman–Crippen LogP) is 2.41. The number of hydrogen-bond acceptors (Lipinski definition) is 3. The molecule has 0 unspecified atom stereocenters. The minimum Gasteiger partial charge on any atom is -0.493 e. The van der Waals surface area contributed by atoms with Gasteiger partial charge in [0.2, 0.25) is 0 Å². The molecule has 0 saturated carbocycles. The average molecular weight is 181 g/mol. The predicted molar refractivity (Wildman–Crippen MR) is 53.2 cm³/mol. The Morgan fingerprint density at radius 3 is 2.75 bits per heavy atom. The van der Waals surface area contributed by atoms with Crippen molar-refractivity contribution >= 4 is 17.3 Å². The van der Waals surface area contributed by atoms with Gasteiger partial charge in [0, 0.05) is 5.75 Å². The fraction of sp³-hybridized carbons (Fsp3) is 0.222. The molecule has 0 bridgehead atoms. The molecule has 1 aromatic carbocycles. The van der Waals surface area contributed by atoms with Crippen molar-refractivity contribution in [2.45, 2.75) is 0 Å². The molecule has 0 atom stereocenters. The zero-order chi connectivity index (χ0) is 8.65. The molecule has 2 nitrogen and oxygen atoms in total. The molecule has 0 spiro atoms. The first-order valence-corrected chi connectivity index (χ1v) is 4.77. The number of hydrogen-bond donors (Lipinski definition) is 1. The summed E-state index contributed by atoms with van der Waals surface area (Å²) >= 11 is 1.44. The summed E-state index contributed by atoms with van der Waals surface area (Å²) in [6.07, 6.45) is 0. The van der Waals surface area contributed by atoms with Gasteiger partial charge in [-0.25, -0.2) is 0 Å². The zero-order valence-corrected chi connectivity index (χ0v) is 7.51. The van der Waals surface area contributed by atoms with Crippen molar-refractivity contribution in [2.75, 3.05) is 12.4 Å². The second kappa shape index (κ2) is 5.66. The lowest BCUT2D eigenvalue weighted by Gasteiger charge is -2.02. The molecule has 12 heavy (non-hydrogen) atoms. The zero-order valence-electron chi connectivity index (χ0n) is 6.69. The Labute approximate surface area is 76.4 Å². The van der Waals surface area contributed by atoms with E-state index < -0.39 is 0 Å². The van der Waals surface area contributed by atoms with Crippen LogP contribution in [-0.4, -0.2) is 17.9 Å². The molecule has 1 aromatic rings. The van der Waals surface area contributed by atoms with Gasteiger partial charge in [0.15, 0.2) is 0 Å². The highest BCUT2D eigenvalue weighted by Gasteiger charge is 1.89. The standard InChI is InChI=1S/C9H11NOS/c10-8-12-7-6-11-9-4-2-1-3-5-9/h1-5,8,10H,6-7H2. The fourth-order valence-corrected chi connectivity index (χ4v) is 1.08. The van der Waals surface area contributed by atoms with E-state index in [-0.39, 0.29) is 0 Å². The van der Waals surface area contributed by atoms with Crippen LogP contribution in [0.1, 0.15) is 0 Å². The van der Waals surface area contributed by atoms with Crippen LogP contribution in [0.4, 0.5) is 0 Å². The van der Waals surface area contributed by atoms with Crippen LogP contribution in [0.2, 0.25) is 0 Å². The molecule has 0 aliphatic heterocycles. The van der Waals surface area contributed by atoms with Crippen molar-refractivity contribution in [1.29, 1.82) is 5.41 Å². The quantitative estimate of drug-likeness (QED) is 0.430. The van der Waals surface area contributed by atoms with Crippen molar-refractivity contribution < 1.29 is 4.74 Å². The van der Waals surface area contributed by atoms with Crippen molar-refractivity contribution in [3.05, 3.63) is 30.3 Å². The van der Waals surface area contributed by atoms with Crippen LogP contribution in [0.5, 0.6) is 5.75 Å². The highest BCUT2D eigenvalue weighted by atomic mass is 32.2. The molecule has 0 fully saturated rings. The molecule has 0 amide bonds. The maximum Gasteiger partial charge on any atom is 0.119 e. The molecule has 3 heteroatoms. The third-order valence-corrected chi connectivity index (χ3v) is 1.87. The van der Waals surface area contributed by atoms with Crippen molar-refractivity contribution in [2.24, 2.45) is 0 Å². The maximum absolute atomic E-state index is 6.77. The van der Waals surface area contributed by atoms with E-state index in [1.807, 2.05) is 30.3 Å². The van der Waals surface area contributed by atoms with Gasteiger partial charge in [0.05, 0.1) is 12.2 Å². The van der Waals surface area contributed by atoms with Gasteiger partial charge in [0.25, 0.3) is 0 Å². The van der Waals surface area contributed by atoms with E-state index in [0.717, 1.165) is 11.5 Å². The molecule has 1 rings (SSSR count). The molecule has 0 aliphatic rings. The number of nitrogens with one attached hydrogen (secondary N) is 1. The van der Waals surface area contributed by atoms with E-state index in [9.17, 15) is 0 Å². The number of para-hydroxylation sites is 1. The first-order valence-electron chi connectivity index (χ1n) is 3.72. The molecule has 0 saturated heterocycles. The van der Waals surface area contributed by atoms with Gasteiger partial charge in [-0.15, -0.1) is 11.8 Å². The van der Waals surface area contributed by atoms with E-state index in [4.69, 9.17) is 10.1 Å². The number of ether oxygens (including phenoxy) is 1. The summed E-state index contributed by atoms with van der Waals surface area (Å²) in [6, 6.07) is 9.70. The summed E-state index contributed by atoms with van der Waals surface area (Å²) in [5.74, 6) is 1.72. The van der Waals surface area contributed by atoms with Crippen LogP contribution in [-0.2, 0) is 0 Å². The van der Waals surface area contributed by atoms with Crippen molar-refractivity contribution in [3.63, 3.8) is 0 Å². The van der Waals surface area contributed by atoms with E-state index >= 15 is 0 Å². The molecule has 64 valence electrons. The molecule has 0 radical (unpaired) electrons. The third-order valence-electron chi connectivity index (χ3n) is 1.30. The van der Waals surface area contributed by atoms with Crippen LogP contribution in [0.25, 0.3) is 0 Å². The Morgan fingerprint density at radius 2 is 2.08 bits per heavy atom. The number of rotatable bonds is 5. The topological polar surface area (TPSA) is 33.1 Å². The minimum atomic E-state index is 0.657. The second-order valence-electron chi connectivity index (χ2n) is 2.15. The Hall–Kier alpha value is -0.960. The Bertz CT molecular complexity index is 225. The summed E-state index contributed by atoms with van der Waals surface area (Å²) in [4.78, 5) is 0. The average Bonchev–Trinajstić information content (AvgIpc) is 2.14. The highest BCUT2D eigenvalue weighted by molar-refractivity contribution is 8.11. The second-order valence-corrected chi connectivity index (χ2v) is 3.13. The van der Waals surface area contributed by atoms with Gasteiger partial charge in [-0.1, -0.05) is 18.2 Å². The molecule has 0 aliphatic carbocycles. The van der Waals surface area contributed by atoms with E-state index in [1.54, 1.807) is 0 Å². The van der Waals surface area contributed by atoms with Crippen molar-refractivity contribution in [3.8, 4) is 5.75 Å². The first kappa shape index (κ1) is 9.13. The Kier molecular flexibility index (Phi) is 4.31. The summed E-state index contributed by atoms with van der Waals surface area (Å²) in [5.41, 5.74) is 1.33. The van der Waals surface area contributed by atoms with Gasteiger partial charge in [0.1, 0.15) is 5.75 Å². The number of benzene rings is 1. The van der Waals surface area contributed by atoms with Gasteiger partial charge in [-0.2, -0.15) is 0 Å². The lowest BCUT2D eigenvalue weighted by Crippen LogP contribution is -1.99. The SMILES string of the molecule is N=CSCCOc1ccccc1. The minimum absolute atomic E-state index is 0.657. The molecule has 1 N–H and O–H groups in total. The largest absolute Gasteiger partial charge is 0.493 e. The smallest absolute Gasteiger partial charge is 0.119 e. The maximum atomic E-state index is 6.77.